The Labute approximate surface area is 155 Å². The van der Waals surface area contributed by atoms with Crippen LogP contribution in [0.5, 0.6) is 11.9 Å². The van der Waals surface area contributed by atoms with Gasteiger partial charge in [-0.3, -0.25) is 9.59 Å². The molecular weight excluding hydrogens is 350 g/mol. The lowest BCUT2D eigenvalue weighted by atomic mass is 9.97. The Balaban J connectivity index is 1.32. The highest BCUT2D eigenvalue weighted by atomic mass is 16.5. The monoisotopic (exact) mass is 369 g/mol. The number of nitrogens with zero attached hydrogens (tertiary/aromatic N) is 4. The van der Waals surface area contributed by atoms with Crippen LogP contribution in [-0.2, 0) is 4.79 Å². The second-order valence-corrected chi connectivity index (χ2v) is 6.49. The van der Waals surface area contributed by atoms with Crippen LogP contribution in [0.3, 0.4) is 0 Å². The Bertz CT molecular complexity index is 837. The molecule has 4 heterocycles. The fraction of sp³-hybridized carbons (Fsp3) is 0.389. The van der Waals surface area contributed by atoms with E-state index in [1.54, 1.807) is 29.4 Å². The van der Waals surface area contributed by atoms with E-state index in [4.69, 9.17) is 9.47 Å². The second-order valence-electron chi connectivity index (χ2n) is 6.49. The molecule has 1 saturated heterocycles. The molecule has 0 bridgehead atoms. The predicted octanol–water partition coefficient (Wildman–Crippen LogP) is 1.13. The summed E-state index contributed by atoms with van der Waals surface area (Å²) in [6.45, 7) is 1.76. The largest absolute Gasteiger partial charge is 0.466 e. The minimum atomic E-state index is -0.253. The number of ether oxygens (including phenoxy) is 2. The lowest BCUT2D eigenvalue weighted by Crippen LogP contribution is -2.40. The molecule has 0 saturated carbocycles. The molecule has 9 nitrogen and oxygen atoms in total. The van der Waals surface area contributed by atoms with Crippen LogP contribution < -0.4 is 14.8 Å². The van der Waals surface area contributed by atoms with Crippen molar-refractivity contribution in [3.8, 4) is 11.9 Å². The van der Waals surface area contributed by atoms with Gasteiger partial charge in [0.15, 0.2) is 6.61 Å². The van der Waals surface area contributed by atoms with E-state index in [-0.39, 0.29) is 18.4 Å². The summed E-state index contributed by atoms with van der Waals surface area (Å²) in [5.41, 5.74) is 0.871. The fourth-order valence-corrected chi connectivity index (χ4v) is 3.13. The summed E-state index contributed by atoms with van der Waals surface area (Å²) in [6, 6.07) is 3.73. The number of pyridine rings is 1. The van der Waals surface area contributed by atoms with Crippen LogP contribution in [0.2, 0.25) is 0 Å². The number of fused-ring (bicyclic) bond motifs is 1. The number of amides is 2. The van der Waals surface area contributed by atoms with Gasteiger partial charge in [0, 0.05) is 31.7 Å². The van der Waals surface area contributed by atoms with Crippen LogP contribution in [0.1, 0.15) is 23.2 Å². The van der Waals surface area contributed by atoms with Crippen LogP contribution >= 0.6 is 0 Å². The molecule has 0 radical (unpaired) electrons. The first-order valence-corrected chi connectivity index (χ1v) is 8.81. The van der Waals surface area contributed by atoms with Crippen LogP contribution in [-0.4, -0.2) is 58.0 Å². The third-order valence-electron chi connectivity index (χ3n) is 4.60. The summed E-state index contributed by atoms with van der Waals surface area (Å²) in [7, 11) is 0. The standard InChI is InChI=1S/C18H19N5O4/c24-15-11-26-16-14(22-15)8-13(9-21-16)17(25)23-6-2-12(3-7-23)10-27-18-19-4-1-5-20-18/h1,4-5,8-9,12H,2-3,6-7,10-11H2,(H,22,24). The molecule has 1 fully saturated rings. The fourth-order valence-electron chi connectivity index (χ4n) is 3.13. The van der Waals surface area contributed by atoms with Crippen molar-refractivity contribution in [2.75, 3.05) is 31.6 Å². The van der Waals surface area contributed by atoms with Crippen molar-refractivity contribution in [2.45, 2.75) is 12.8 Å². The molecule has 2 aromatic heterocycles. The molecular formula is C18H19N5O4. The summed E-state index contributed by atoms with van der Waals surface area (Å²) in [6.07, 6.45) is 6.46. The number of aromatic nitrogens is 3. The van der Waals surface area contributed by atoms with E-state index < -0.39 is 0 Å². The number of hydrogen-bond donors (Lipinski definition) is 1. The van der Waals surface area contributed by atoms with Gasteiger partial charge in [0.2, 0.25) is 5.88 Å². The Hall–Kier alpha value is -3.23. The van der Waals surface area contributed by atoms with E-state index in [2.05, 4.69) is 20.3 Å². The summed E-state index contributed by atoms with van der Waals surface area (Å²) < 4.78 is 10.8. The first-order valence-electron chi connectivity index (χ1n) is 8.81. The number of piperidine rings is 1. The molecule has 0 aromatic carbocycles. The van der Waals surface area contributed by atoms with Crippen LogP contribution in [0, 0.1) is 5.92 Å². The lowest BCUT2D eigenvalue weighted by molar-refractivity contribution is -0.118. The molecule has 2 aliphatic rings. The normalized spacial score (nSPS) is 16.9. The van der Waals surface area contributed by atoms with E-state index in [9.17, 15) is 9.59 Å². The predicted molar refractivity (Wildman–Crippen MR) is 94.5 cm³/mol. The maximum atomic E-state index is 12.7. The number of carbonyl (C=O) groups excluding carboxylic acids is 2. The zero-order valence-electron chi connectivity index (χ0n) is 14.6. The number of hydrogen-bond acceptors (Lipinski definition) is 7. The van der Waals surface area contributed by atoms with E-state index in [0.29, 0.717) is 48.8 Å². The number of likely N-dealkylation sites (tertiary alicyclic amines) is 1. The van der Waals surface area contributed by atoms with Crippen molar-refractivity contribution in [3.63, 3.8) is 0 Å². The number of anilines is 1. The molecule has 2 amide bonds. The van der Waals surface area contributed by atoms with E-state index in [1.165, 1.54) is 6.20 Å². The molecule has 9 heteroatoms. The zero-order chi connectivity index (χ0) is 18.6. The van der Waals surface area contributed by atoms with Gasteiger partial charge in [0.05, 0.1) is 12.2 Å². The van der Waals surface area contributed by atoms with Crippen LogP contribution in [0.25, 0.3) is 0 Å². The molecule has 2 aliphatic heterocycles. The average Bonchev–Trinajstić information content (AvgIpc) is 2.72. The van der Waals surface area contributed by atoms with Crippen molar-refractivity contribution in [3.05, 3.63) is 36.3 Å². The number of nitrogens with one attached hydrogen (secondary N) is 1. The van der Waals surface area contributed by atoms with Crippen molar-refractivity contribution in [2.24, 2.45) is 5.92 Å². The Morgan fingerprint density at radius 2 is 2.04 bits per heavy atom. The minimum absolute atomic E-state index is 0.0586. The summed E-state index contributed by atoms with van der Waals surface area (Å²) in [5.74, 6) is 0.338. The first kappa shape index (κ1) is 17.2. The highest BCUT2D eigenvalue weighted by molar-refractivity contribution is 5.99. The van der Waals surface area contributed by atoms with Gasteiger partial charge in [0.25, 0.3) is 11.8 Å². The quantitative estimate of drug-likeness (QED) is 0.861. The summed E-state index contributed by atoms with van der Waals surface area (Å²) in [5, 5.41) is 2.67. The third kappa shape index (κ3) is 3.97. The Morgan fingerprint density at radius 1 is 1.26 bits per heavy atom. The van der Waals surface area contributed by atoms with Gasteiger partial charge in [0.1, 0.15) is 5.69 Å². The molecule has 4 rings (SSSR count). The van der Waals surface area contributed by atoms with Gasteiger partial charge in [-0.05, 0) is 30.9 Å². The maximum Gasteiger partial charge on any atom is 0.316 e. The van der Waals surface area contributed by atoms with Gasteiger partial charge in [-0.15, -0.1) is 0 Å². The van der Waals surface area contributed by atoms with Crippen molar-refractivity contribution in [1.82, 2.24) is 19.9 Å². The molecule has 0 unspecified atom stereocenters. The van der Waals surface area contributed by atoms with Gasteiger partial charge < -0.3 is 19.7 Å². The maximum absolute atomic E-state index is 12.7. The van der Waals surface area contributed by atoms with Gasteiger partial charge in [-0.1, -0.05) is 0 Å². The Morgan fingerprint density at radius 3 is 2.81 bits per heavy atom. The molecule has 27 heavy (non-hydrogen) atoms. The van der Waals surface area contributed by atoms with Crippen LogP contribution in [0.15, 0.2) is 30.7 Å². The van der Waals surface area contributed by atoms with Crippen LogP contribution in [0.4, 0.5) is 5.69 Å². The molecule has 1 N–H and O–H groups in total. The van der Waals surface area contributed by atoms with E-state index in [0.717, 1.165) is 12.8 Å². The van der Waals surface area contributed by atoms with Crippen molar-refractivity contribution >= 4 is 17.5 Å². The van der Waals surface area contributed by atoms with E-state index in [1.807, 2.05) is 0 Å². The average molecular weight is 369 g/mol. The highest BCUT2D eigenvalue weighted by Gasteiger charge is 2.26. The topological polar surface area (TPSA) is 107 Å². The molecule has 140 valence electrons. The van der Waals surface area contributed by atoms with Gasteiger partial charge in [-0.25, -0.2) is 15.0 Å². The summed E-state index contributed by atoms with van der Waals surface area (Å²) >= 11 is 0. The summed E-state index contributed by atoms with van der Waals surface area (Å²) in [4.78, 5) is 38.2. The first-order chi connectivity index (χ1) is 13.2. The highest BCUT2D eigenvalue weighted by Crippen LogP contribution is 2.27. The lowest BCUT2D eigenvalue weighted by Gasteiger charge is -2.31. The van der Waals surface area contributed by atoms with Gasteiger partial charge >= 0.3 is 6.01 Å². The van der Waals surface area contributed by atoms with Crippen molar-refractivity contribution in [1.29, 1.82) is 0 Å². The molecule has 0 aliphatic carbocycles. The van der Waals surface area contributed by atoms with Crippen molar-refractivity contribution < 1.29 is 19.1 Å². The number of rotatable bonds is 4. The Kier molecular flexibility index (Phi) is 4.82. The third-order valence-corrected chi connectivity index (χ3v) is 4.60. The SMILES string of the molecule is O=C1COc2ncc(C(=O)N3CCC(COc4ncccn4)CC3)cc2N1. The van der Waals surface area contributed by atoms with Gasteiger partial charge in [-0.2, -0.15) is 0 Å². The molecule has 2 aromatic rings. The zero-order valence-corrected chi connectivity index (χ0v) is 14.6. The minimum Gasteiger partial charge on any atom is -0.466 e. The van der Waals surface area contributed by atoms with E-state index >= 15 is 0 Å². The smallest absolute Gasteiger partial charge is 0.316 e. The second kappa shape index (κ2) is 7.56. The molecule has 0 atom stereocenters. The number of carbonyl (C=O) groups is 2. The molecule has 0 spiro atoms.